The number of hydrogen-bond donors (Lipinski definition) is 2. The van der Waals surface area contributed by atoms with Gasteiger partial charge >= 0.3 is 11.9 Å². The Kier molecular flexibility index (Phi) is 3.08. The van der Waals surface area contributed by atoms with Crippen LogP contribution >= 0.6 is 0 Å². The van der Waals surface area contributed by atoms with Crippen LogP contribution in [0.15, 0.2) is 23.0 Å². The summed E-state index contributed by atoms with van der Waals surface area (Å²) in [6, 6.07) is 3.84. The molecule has 7 heteroatoms. The molecule has 2 aromatic rings. The van der Waals surface area contributed by atoms with Crippen LogP contribution in [0, 0.1) is 0 Å². The van der Waals surface area contributed by atoms with E-state index in [-0.39, 0.29) is 11.6 Å². The monoisotopic (exact) mass is 285 g/mol. The number of fused-ring (bicyclic) bond motifs is 1. The Morgan fingerprint density at radius 2 is 1.90 bits per heavy atom. The van der Waals surface area contributed by atoms with E-state index < -0.39 is 17.4 Å². The average Bonchev–Trinajstić information content (AvgIpc) is 2.74. The maximum absolute atomic E-state index is 13.0. The molecule has 1 aromatic carbocycles. The van der Waals surface area contributed by atoms with E-state index in [1.165, 1.54) is 10.6 Å². The molecule has 0 spiro atoms. The van der Waals surface area contributed by atoms with Crippen molar-refractivity contribution in [2.75, 3.05) is 13.1 Å². The number of alkyl halides is 3. The van der Waals surface area contributed by atoms with E-state index in [1.807, 2.05) is 0 Å². The summed E-state index contributed by atoms with van der Waals surface area (Å²) in [5.74, 6) is 0. The van der Waals surface area contributed by atoms with Crippen LogP contribution in [0.5, 0.6) is 0 Å². The molecule has 0 bridgehead atoms. The van der Waals surface area contributed by atoms with Gasteiger partial charge in [-0.3, -0.25) is 4.57 Å². The normalized spacial score (nSPS) is 17.8. The fraction of sp³-hybridized carbons (Fsp3) is 0.462. The van der Waals surface area contributed by atoms with E-state index >= 15 is 0 Å². The standard InChI is InChI=1S/C13H14F3N3O/c14-13(15,16)9-2-1-3-10-11(9)18-12(20)19(10)8-4-6-17-7-5-8/h1-3,8,17H,4-7H2,(H,18,20). The highest BCUT2D eigenvalue weighted by molar-refractivity contribution is 5.79. The summed E-state index contributed by atoms with van der Waals surface area (Å²) in [6.45, 7) is 1.53. The summed E-state index contributed by atoms with van der Waals surface area (Å²) in [5.41, 5.74) is -1.05. The molecule has 0 radical (unpaired) electrons. The zero-order chi connectivity index (χ0) is 14.3. The molecule has 4 nitrogen and oxygen atoms in total. The van der Waals surface area contributed by atoms with E-state index in [9.17, 15) is 18.0 Å². The summed E-state index contributed by atoms with van der Waals surface area (Å²) < 4.78 is 40.3. The number of para-hydroxylation sites is 1. The number of imidazole rings is 1. The molecule has 1 saturated heterocycles. The number of rotatable bonds is 1. The molecule has 1 aliphatic rings. The van der Waals surface area contributed by atoms with Gasteiger partial charge in [-0.1, -0.05) is 6.07 Å². The number of nitrogens with zero attached hydrogens (tertiary/aromatic N) is 1. The molecule has 2 N–H and O–H groups in total. The number of aromatic nitrogens is 2. The summed E-state index contributed by atoms with van der Waals surface area (Å²) in [6.07, 6.45) is -2.99. The maximum Gasteiger partial charge on any atom is 0.418 e. The molecule has 0 amide bonds. The second-order valence-electron chi connectivity index (χ2n) is 4.98. The first-order valence-corrected chi connectivity index (χ1v) is 6.49. The van der Waals surface area contributed by atoms with Gasteiger partial charge in [-0.25, -0.2) is 4.79 Å². The number of aromatic amines is 1. The molecule has 108 valence electrons. The van der Waals surface area contributed by atoms with Crippen LogP contribution < -0.4 is 11.0 Å². The van der Waals surface area contributed by atoms with Crippen molar-refractivity contribution in [2.45, 2.75) is 25.1 Å². The fourth-order valence-corrected chi connectivity index (χ4v) is 2.81. The SMILES string of the molecule is O=c1[nH]c2c(C(F)(F)F)cccc2n1C1CCNCC1. The molecule has 20 heavy (non-hydrogen) atoms. The first kappa shape index (κ1) is 13.2. The van der Waals surface area contributed by atoms with Gasteiger partial charge in [0.1, 0.15) is 0 Å². The Hall–Kier alpha value is -1.76. The van der Waals surface area contributed by atoms with Crippen molar-refractivity contribution >= 4 is 11.0 Å². The third-order valence-corrected chi connectivity index (χ3v) is 3.73. The Morgan fingerprint density at radius 1 is 1.20 bits per heavy atom. The number of piperidine rings is 1. The molecule has 1 aliphatic heterocycles. The van der Waals surface area contributed by atoms with Gasteiger partial charge in [0.25, 0.3) is 0 Å². The van der Waals surface area contributed by atoms with Crippen LogP contribution in [-0.4, -0.2) is 22.6 Å². The largest absolute Gasteiger partial charge is 0.418 e. The number of hydrogen-bond acceptors (Lipinski definition) is 2. The van der Waals surface area contributed by atoms with Crippen molar-refractivity contribution in [3.05, 3.63) is 34.2 Å². The Balaban J connectivity index is 2.19. The van der Waals surface area contributed by atoms with Crippen molar-refractivity contribution in [1.29, 1.82) is 0 Å². The van der Waals surface area contributed by atoms with Crippen LogP contribution in [0.4, 0.5) is 13.2 Å². The molecule has 0 saturated carbocycles. The summed E-state index contributed by atoms with van der Waals surface area (Å²) in [4.78, 5) is 14.4. The highest BCUT2D eigenvalue weighted by Gasteiger charge is 2.34. The molecule has 0 aliphatic carbocycles. The molecule has 0 atom stereocenters. The first-order chi connectivity index (χ1) is 9.48. The second kappa shape index (κ2) is 4.66. The molecule has 2 heterocycles. The smallest absolute Gasteiger partial charge is 0.317 e. The van der Waals surface area contributed by atoms with Crippen LogP contribution in [0.25, 0.3) is 11.0 Å². The summed E-state index contributed by atoms with van der Waals surface area (Å²) >= 11 is 0. The Morgan fingerprint density at radius 3 is 2.55 bits per heavy atom. The van der Waals surface area contributed by atoms with E-state index in [2.05, 4.69) is 10.3 Å². The van der Waals surface area contributed by atoms with Crippen molar-refractivity contribution in [2.24, 2.45) is 0 Å². The van der Waals surface area contributed by atoms with Gasteiger partial charge in [0, 0.05) is 6.04 Å². The van der Waals surface area contributed by atoms with Crippen LogP contribution in [0.3, 0.4) is 0 Å². The molecule has 0 unspecified atom stereocenters. The highest BCUT2D eigenvalue weighted by Crippen LogP contribution is 2.34. The zero-order valence-electron chi connectivity index (χ0n) is 10.6. The summed E-state index contributed by atoms with van der Waals surface area (Å²) in [7, 11) is 0. The zero-order valence-corrected chi connectivity index (χ0v) is 10.6. The third-order valence-electron chi connectivity index (χ3n) is 3.73. The summed E-state index contributed by atoms with van der Waals surface area (Å²) in [5, 5.41) is 3.17. The van der Waals surface area contributed by atoms with E-state index in [1.54, 1.807) is 6.07 Å². The number of nitrogens with one attached hydrogen (secondary N) is 2. The minimum atomic E-state index is -4.47. The predicted molar refractivity (Wildman–Crippen MR) is 68.7 cm³/mol. The molecular formula is C13H14F3N3O. The molecule has 1 aromatic heterocycles. The van der Waals surface area contributed by atoms with Gasteiger partial charge in [-0.15, -0.1) is 0 Å². The maximum atomic E-state index is 13.0. The van der Waals surface area contributed by atoms with Crippen LogP contribution in [-0.2, 0) is 6.18 Å². The quantitative estimate of drug-likeness (QED) is 0.844. The lowest BCUT2D eigenvalue weighted by molar-refractivity contribution is -0.136. The lowest BCUT2D eigenvalue weighted by Gasteiger charge is -2.23. The number of benzene rings is 1. The lowest BCUT2D eigenvalue weighted by Crippen LogP contribution is -2.33. The van der Waals surface area contributed by atoms with Crippen LogP contribution in [0.2, 0.25) is 0 Å². The van der Waals surface area contributed by atoms with E-state index in [4.69, 9.17) is 0 Å². The van der Waals surface area contributed by atoms with Gasteiger partial charge in [0.05, 0.1) is 16.6 Å². The minimum Gasteiger partial charge on any atom is -0.317 e. The molecule has 1 fully saturated rings. The van der Waals surface area contributed by atoms with Crippen molar-refractivity contribution in [1.82, 2.24) is 14.9 Å². The van der Waals surface area contributed by atoms with Gasteiger partial charge < -0.3 is 10.3 Å². The van der Waals surface area contributed by atoms with Gasteiger partial charge in [-0.2, -0.15) is 13.2 Å². The van der Waals surface area contributed by atoms with Crippen molar-refractivity contribution in [3.63, 3.8) is 0 Å². The number of H-pyrrole nitrogens is 1. The second-order valence-corrected chi connectivity index (χ2v) is 4.98. The minimum absolute atomic E-state index is 0.0546. The molecular weight excluding hydrogens is 271 g/mol. The van der Waals surface area contributed by atoms with Crippen molar-refractivity contribution < 1.29 is 13.2 Å². The molecule has 3 rings (SSSR count). The number of halogens is 3. The van der Waals surface area contributed by atoms with Gasteiger partial charge in [0.2, 0.25) is 0 Å². The topological polar surface area (TPSA) is 49.8 Å². The lowest BCUT2D eigenvalue weighted by atomic mass is 10.1. The Bertz CT molecular complexity index is 680. The van der Waals surface area contributed by atoms with Gasteiger partial charge in [0.15, 0.2) is 0 Å². The van der Waals surface area contributed by atoms with E-state index in [0.717, 1.165) is 32.0 Å². The predicted octanol–water partition coefficient (Wildman–Crippen LogP) is 2.27. The highest BCUT2D eigenvalue weighted by atomic mass is 19.4. The average molecular weight is 285 g/mol. The van der Waals surface area contributed by atoms with Crippen molar-refractivity contribution in [3.8, 4) is 0 Å². The fourth-order valence-electron chi connectivity index (χ4n) is 2.81. The van der Waals surface area contributed by atoms with Gasteiger partial charge in [-0.05, 0) is 38.1 Å². The van der Waals surface area contributed by atoms with E-state index in [0.29, 0.717) is 5.52 Å². The van der Waals surface area contributed by atoms with Crippen LogP contribution in [0.1, 0.15) is 24.4 Å². The first-order valence-electron chi connectivity index (χ1n) is 6.49. The third kappa shape index (κ3) is 2.11. The Labute approximate surface area is 112 Å².